The second-order valence-corrected chi connectivity index (χ2v) is 9.00. The Labute approximate surface area is 176 Å². The van der Waals surface area contributed by atoms with Crippen molar-refractivity contribution >= 4 is 50.7 Å². The first-order chi connectivity index (χ1) is 12.7. The number of rotatable bonds is 4. The third-order valence-electron chi connectivity index (χ3n) is 4.99. The molecule has 4 heteroatoms. The zero-order chi connectivity index (χ0) is 19.8. The number of hydrogen-bond acceptors (Lipinski definition) is 2. The molecule has 0 bridgehead atoms. The van der Waals surface area contributed by atoms with Crippen molar-refractivity contribution in [2.45, 2.75) is 46.6 Å². The number of benzene rings is 2. The van der Waals surface area contributed by atoms with Crippen LogP contribution in [0.5, 0.6) is 0 Å². The summed E-state index contributed by atoms with van der Waals surface area (Å²) in [7, 11) is 0. The molecule has 0 fully saturated rings. The summed E-state index contributed by atoms with van der Waals surface area (Å²) < 4.78 is 0.986. The summed E-state index contributed by atoms with van der Waals surface area (Å²) in [4.78, 5) is 7.09. The van der Waals surface area contributed by atoms with Gasteiger partial charge in [0.05, 0.1) is 16.2 Å². The van der Waals surface area contributed by atoms with Crippen LogP contribution in [0.2, 0.25) is 5.02 Å². The smallest absolute Gasteiger partial charge is 0.0772 e. The van der Waals surface area contributed by atoms with Crippen molar-refractivity contribution in [3.63, 3.8) is 0 Å². The van der Waals surface area contributed by atoms with Gasteiger partial charge in [-0.1, -0.05) is 30.7 Å². The predicted molar refractivity (Wildman–Crippen MR) is 123 cm³/mol. The number of allylic oxidation sites excluding steroid dienone is 1. The summed E-state index contributed by atoms with van der Waals surface area (Å²) in [5, 5.41) is 0.729. The Balaban J connectivity index is 2.03. The van der Waals surface area contributed by atoms with Crippen LogP contribution in [0.25, 0.3) is 5.57 Å². The molecule has 3 rings (SSSR count). The van der Waals surface area contributed by atoms with E-state index in [9.17, 15) is 0 Å². The van der Waals surface area contributed by atoms with Gasteiger partial charge in [-0.05, 0) is 85.4 Å². The zero-order valence-electron chi connectivity index (χ0n) is 16.6. The number of nitrogens with zero attached hydrogens (tertiary/aromatic N) is 2. The monoisotopic (exact) mass is 444 g/mol. The Hall–Kier alpha value is -1.58. The van der Waals surface area contributed by atoms with Crippen LogP contribution in [0, 0.1) is 6.92 Å². The van der Waals surface area contributed by atoms with Gasteiger partial charge in [0.2, 0.25) is 0 Å². The van der Waals surface area contributed by atoms with E-state index in [-0.39, 0.29) is 5.54 Å². The Morgan fingerprint density at radius 2 is 1.93 bits per heavy atom. The summed E-state index contributed by atoms with van der Waals surface area (Å²) in [5.74, 6) is 0. The van der Waals surface area contributed by atoms with Gasteiger partial charge in [0.15, 0.2) is 0 Å². The van der Waals surface area contributed by atoms with Crippen LogP contribution < -0.4 is 4.90 Å². The quantitative estimate of drug-likeness (QED) is 0.443. The molecule has 0 saturated carbocycles. The van der Waals surface area contributed by atoms with Gasteiger partial charge in [-0.15, -0.1) is 0 Å². The molecule has 0 amide bonds. The van der Waals surface area contributed by atoms with Crippen molar-refractivity contribution < 1.29 is 0 Å². The molecule has 2 nitrogen and oxygen atoms in total. The van der Waals surface area contributed by atoms with Gasteiger partial charge in [-0.2, -0.15) is 0 Å². The molecular weight excluding hydrogens is 420 g/mol. The van der Waals surface area contributed by atoms with Crippen LogP contribution in [0.1, 0.15) is 50.8 Å². The zero-order valence-corrected chi connectivity index (χ0v) is 18.9. The average Bonchev–Trinajstić information content (AvgIpc) is 2.58. The maximum absolute atomic E-state index is 6.65. The second-order valence-electron chi connectivity index (χ2n) is 7.74. The van der Waals surface area contributed by atoms with Crippen LogP contribution in [0.3, 0.4) is 0 Å². The highest BCUT2D eigenvalue weighted by atomic mass is 79.9. The standard InChI is InChI=1S/C23H26BrClN2/c1-6-9-27-22-12-20(25)17(11-18(22)16(3)13-23(27,4)5)14-26-21-8-7-15(2)10-19(21)24/h7-8,10-14H,6,9H2,1-5H3. The molecule has 0 radical (unpaired) electrons. The molecule has 1 heterocycles. The van der Waals surface area contributed by atoms with Crippen molar-refractivity contribution in [2.75, 3.05) is 11.4 Å². The third kappa shape index (κ3) is 4.14. The van der Waals surface area contributed by atoms with E-state index in [4.69, 9.17) is 11.6 Å². The Bertz CT molecular complexity index is 928. The number of aryl methyl sites for hydroxylation is 1. The number of hydrogen-bond donors (Lipinski definition) is 0. The van der Waals surface area contributed by atoms with Crippen molar-refractivity contribution in [3.05, 3.63) is 62.6 Å². The number of anilines is 1. The molecule has 0 atom stereocenters. The maximum atomic E-state index is 6.65. The predicted octanol–water partition coefficient (Wildman–Crippen LogP) is 7.57. The fraction of sp³-hybridized carbons (Fsp3) is 0.348. The first-order valence-electron chi connectivity index (χ1n) is 9.34. The Kier molecular flexibility index (Phi) is 5.83. The number of aliphatic imine (C=N–C) groups is 1. The minimum Gasteiger partial charge on any atom is -0.362 e. The van der Waals surface area contributed by atoms with Gasteiger partial charge in [0, 0.05) is 34.0 Å². The summed E-state index contributed by atoms with van der Waals surface area (Å²) >= 11 is 10.2. The molecule has 2 aromatic rings. The van der Waals surface area contributed by atoms with Crippen LogP contribution in [0.15, 0.2) is 45.9 Å². The highest BCUT2D eigenvalue weighted by Crippen LogP contribution is 2.41. The molecule has 142 valence electrons. The lowest BCUT2D eigenvalue weighted by atomic mass is 9.88. The fourth-order valence-electron chi connectivity index (χ4n) is 3.70. The second kappa shape index (κ2) is 7.81. The summed E-state index contributed by atoms with van der Waals surface area (Å²) in [6, 6.07) is 10.4. The van der Waals surface area contributed by atoms with Gasteiger partial charge >= 0.3 is 0 Å². The lowest BCUT2D eigenvalue weighted by Gasteiger charge is -2.43. The van der Waals surface area contributed by atoms with Gasteiger partial charge < -0.3 is 4.90 Å². The molecule has 0 aromatic heterocycles. The molecular formula is C23H26BrClN2. The molecule has 1 aliphatic rings. The SMILES string of the molecule is CCCN1c2cc(Cl)c(C=Nc3ccc(C)cc3Br)cc2C(C)=CC1(C)C. The molecule has 2 aromatic carbocycles. The van der Waals surface area contributed by atoms with Crippen molar-refractivity contribution in [2.24, 2.45) is 4.99 Å². The average molecular weight is 446 g/mol. The molecule has 27 heavy (non-hydrogen) atoms. The highest BCUT2D eigenvalue weighted by Gasteiger charge is 2.31. The Morgan fingerprint density at radius 3 is 2.59 bits per heavy atom. The van der Waals surface area contributed by atoms with Crippen LogP contribution in [-0.2, 0) is 0 Å². The van der Waals surface area contributed by atoms with Crippen LogP contribution in [0.4, 0.5) is 11.4 Å². The van der Waals surface area contributed by atoms with Gasteiger partial charge in [-0.25, -0.2) is 0 Å². The Morgan fingerprint density at radius 1 is 1.19 bits per heavy atom. The van der Waals surface area contributed by atoms with Gasteiger partial charge in [0.1, 0.15) is 0 Å². The lowest BCUT2D eigenvalue weighted by Crippen LogP contribution is -2.45. The van der Waals surface area contributed by atoms with Gasteiger partial charge in [-0.3, -0.25) is 4.99 Å². The van der Waals surface area contributed by atoms with E-state index in [1.54, 1.807) is 0 Å². The van der Waals surface area contributed by atoms with E-state index in [0.29, 0.717) is 0 Å². The minimum atomic E-state index is -0.0151. The molecule has 0 aliphatic carbocycles. The largest absolute Gasteiger partial charge is 0.362 e. The molecule has 0 spiro atoms. The molecule has 0 unspecified atom stereocenters. The van der Waals surface area contributed by atoms with Crippen LogP contribution >= 0.6 is 27.5 Å². The number of fused-ring (bicyclic) bond motifs is 1. The molecule has 0 saturated heterocycles. The topological polar surface area (TPSA) is 15.6 Å². The highest BCUT2D eigenvalue weighted by molar-refractivity contribution is 9.10. The van der Waals surface area contributed by atoms with E-state index >= 15 is 0 Å². The molecule has 0 N–H and O–H groups in total. The van der Waals surface area contributed by atoms with Crippen molar-refractivity contribution in [1.29, 1.82) is 0 Å². The van der Waals surface area contributed by atoms with E-state index in [2.05, 4.69) is 90.8 Å². The van der Waals surface area contributed by atoms with Crippen molar-refractivity contribution in [3.8, 4) is 0 Å². The number of halogens is 2. The summed E-state index contributed by atoms with van der Waals surface area (Å²) in [5.41, 5.74) is 6.75. The minimum absolute atomic E-state index is 0.0151. The van der Waals surface area contributed by atoms with E-state index in [1.807, 2.05) is 12.3 Å². The van der Waals surface area contributed by atoms with Gasteiger partial charge in [0.25, 0.3) is 0 Å². The first-order valence-corrected chi connectivity index (χ1v) is 10.5. The summed E-state index contributed by atoms with van der Waals surface area (Å²) in [6.07, 6.45) is 5.30. The lowest BCUT2D eigenvalue weighted by molar-refractivity contribution is 0.550. The van der Waals surface area contributed by atoms with E-state index in [1.165, 1.54) is 22.4 Å². The van der Waals surface area contributed by atoms with E-state index < -0.39 is 0 Å². The first kappa shape index (κ1) is 20.2. The molecule has 1 aliphatic heterocycles. The van der Waals surface area contributed by atoms with Crippen molar-refractivity contribution in [1.82, 2.24) is 0 Å². The summed E-state index contributed by atoms with van der Waals surface area (Å²) in [6.45, 7) is 12.0. The van der Waals surface area contributed by atoms with E-state index in [0.717, 1.165) is 33.7 Å². The normalized spacial score (nSPS) is 15.8. The fourth-order valence-corrected chi connectivity index (χ4v) is 4.50. The van der Waals surface area contributed by atoms with Crippen LogP contribution in [-0.4, -0.2) is 18.3 Å². The third-order valence-corrected chi connectivity index (χ3v) is 5.95. The maximum Gasteiger partial charge on any atom is 0.0772 e.